The molecule has 2 aliphatic heterocycles. The Labute approximate surface area is 74.8 Å². The van der Waals surface area contributed by atoms with Gasteiger partial charge in [-0.15, -0.1) is 6.58 Å². The molecule has 3 atom stereocenters. The summed E-state index contributed by atoms with van der Waals surface area (Å²) in [5.41, 5.74) is 1.49. The zero-order valence-corrected chi connectivity index (χ0v) is 7.96. The number of rotatable bonds is 1. The first-order chi connectivity index (χ1) is 5.74. The summed E-state index contributed by atoms with van der Waals surface area (Å²) in [6.45, 7) is 9.73. The summed E-state index contributed by atoms with van der Waals surface area (Å²) in [7, 11) is 0. The van der Waals surface area contributed by atoms with E-state index in [0.29, 0.717) is 5.92 Å². The minimum Gasteiger partial charge on any atom is -0.374 e. The Morgan fingerprint density at radius 3 is 3.08 bits per heavy atom. The normalized spacial score (nSPS) is 39.7. The molecule has 12 heavy (non-hydrogen) atoms. The predicted octanol–water partition coefficient (Wildman–Crippen LogP) is 2.42. The molecule has 0 N–H and O–H groups in total. The molecule has 0 saturated carbocycles. The summed E-state index contributed by atoms with van der Waals surface area (Å²) in [5.74, 6) is 1.46. The lowest BCUT2D eigenvalue weighted by molar-refractivity contribution is 0.270. The van der Waals surface area contributed by atoms with Crippen molar-refractivity contribution in [1.82, 2.24) is 4.90 Å². The van der Waals surface area contributed by atoms with E-state index in [2.05, 4.69) is 37.6 Å². The Bertz CT molecular complexity index is 229. The molecule has 2 rings (SSSR count). The van der Waals surface area contributed by atoms with Gasteiger partial charge in [-0.1, -0.05) is 11.6 Å². The fourth-order valence-electron chi connectivity index (χ4n) is 2.70. The van der Waals surface area contributed by atoms with E-state index in [1.165, 1.54) is 18.5 Å². The number of fused-ring (bicyclic) bond motifs is 2. The average molecular weight is 163 g/mol. The zero-order chi connectivity index (χ0) is 8.72. The van der Waals surface area contributed by atoms with Crippen molar-refractivity contribution in [2.45, 2.75) is 26.3 Å². The molecule has 0 aromatic carbocycles. The molecule has 0 aliphatic carbocycles. The van der Waals surface area contributed by atoms with Crippen LogP contribution in [0.4, 0.5) is 0 Å². The highest BCUT2D eigenvalue weighted by Crippen LogP contribution is 2.39. The summed E-state index contributed by atoms with van der Waals surface area (Å²) in [4.78, 5) is 2.47. The van der Waals surface area contributed by atoms with Crippen molar-refractivity contribution < 1.29 is 0 Å². The summed E-state index contributed by atoms with van der Waals surface area (Å²) in [6, 6.07) is 0.733. The molecule has 66 valence electrons. The smallest absolute Gasteiger partial charge is 0.0293 e. The third kappa shape index (κ3) is 0.921. The van der Waals surface area contributed by atoms with Crippen molar-refractivity contribution in [3.63, 3.8) is 0 Å². The van der Waals surface area contributed by atoms with Gasteiger partial charge in [-0.3, -0.25) is 0 Å². The lowest BCUT2D eigenvalue weighted by Gasteiger charge is -2.34. The van der Waals surface area contributed by atoms with E-state index in [-0.39, 0.29) is 0 Å². The van der Waals surface area contributed by atoms with Crippen LogP contribution in [0.2, 0.25) is 0 Å². The molecule has 0 spiro atoms. The van der Waals surface area contributed by atoms with E-state index < -0.39 is 0 Å². The molecule has 0 radical (unpaired) electrons. The van der Waals surface area contributed by atoms with Gasteiger partial charge < -0.3 is 4.90 Å². The topological polar surface area (TPSA) is 3.24 Å². The van der Waals surface area contributed by atoms with E-state index >= 15 is 0 Å². The highest BCUT2D eigenvalue weighted by Gasteiger charge is 2.37. The molecular weight excluding hydrogens is 146 g/mol. The Morgan fingerprint density at radius 1 is 1.67 bits per heavy atom. The van der Waals surface area contributed by atoms with Crippen molar-refractivity contribution in [2.24, 2.45) is 11.8 Å². The Kier molecular flexibility index (Phi) is 1.75. The highest BCUT2D eigenvalue weighted by molar-refractivity contribution is 5.19. The minimum absolute atomic E-state index is 0.638. The van der Waals surface area contributed by atoms with Crippen molar-refractivity contribution in [3.05, 3.63) is 24.4 Å². The number of hydrogen-bond acceptors (Lipinski definition) is 1. The monoisotopic (exact) mass is 163 g/mol. The van der Waals surface area contributed by atoms with Gasteiger partial charge in [-0.25, -0.2) is 0 Å². The third-order valence-electron chi connectivity index (χ3n) is 3.47. The van der Waals surface area contributed by atoms with Crippen LogP contribution in [-0.4, -0.2) is 17.5 Å². The van der Waals surface area contributed by atoms with E-state index in [1.54, 1.807) is 0 Å². The van der Waals surface area contributed by atoms with Crippen LogP contribution < -0.4 is 0 Å². The molecule has 0 amide bonds. The molecule has 3 unspecified atom stereocenters. The highest BCUT2D eigenvalue weighted by atomic mass is 15.2. The first kappa shape index (κ1) is 7.90. The maximum Gasteiger partial charge on any atom is 0.0293 e. The molecule has 0 aromatic rings. The third-order valence-corrected chi connectivity index (χ3v) is 3.47. The molecule has 2 aliphatic rings. The van der Waals surface area contributed by atoms with Crippen molar-refractivity contribution >= 4 is 0 Å². The van der Waals surface area contributed by atoms with Crippen LogP contribution in [0.5, 0.6) is 0 Å². The van der Waals surface area contributed by atoms with Crippen LogP contribution in [0.25, 0.3) is 0 Å². The molecular formula is C11H17N. The van der Waals surface area contributed by atoms with Gasteiger partial charge in [-0.05, 0) is 32.4 Å². The number of allylic oxidation sites excluding steroid dienone is 2. The second kappa shape index (κ2) is 2.65. The maximum atomic E-state index is 3.93. The molecule has 1 saturated heterocycles. The fourth-order valence-corrected chi connectivity index (χ4v) is 2.70. The van der Waals surface area contributed by atoms with Crippen molar-refractivity contribution in [1.29, 1.82) is 0 Å². The lowest BCUT2D eigenvalue weighted by Crippen LogP contribution is -2.33. The van der Waals surface area contributed by atoms with E-state index in [4.69, 9.17) is 0 Å². The van der Waals surface area contributed by atoms with Gasteiger partial charge in [0.1, 0.15) is 0 Å². The summed E-state index contributed by atoms with van der Waals surface area (Å²) >= 11 is 0. The van der Waals surface area contributed by atoms with Gasteiger partial charge in [0.15, 0.2) is 0 Å². The summed E-state index contributed by atoms with van der Waals surface area (Å²) in [6.07, 6.45) is 5.78. The minimum atomic E-state index is 0.638. The second-order valence-corrected chi connectivity index (χ2v) is 4.07. The summed E-state index contributed by atoms with van der Waals surface area (Å²) < 4.78 is 0. The molecule has 2 bridgehead atoms. The van der Waals surface area contributed by atoms with Crippen LogP contribution in [0.15, 0.2) is 24.4 Å². The van der Waals surface area contributed by atoms with Gasteiger partial charge in [-0.2, -0.15) is 0 Å². The quantitative estimate of drug-likeness (QED) is 0.537. The maximum absolute atomic E-state index is 3.93. The predicted molar refractivity (Wildman–Crippen MR) is 51.7 cm³/mol. The number of nitrogens with zero attached hydrogens (tertiary/aromatic N) is 1. The van der Waals surface area contributed by atoms with Crippen LogP contribution in [-0.2, 0) is 0 Å². The Morgan fingerprint density at radius 2 is 2.42 bits per heavy atom. The van der Waals surface area contributed by atoms with Crippen LogP contribution >= 0.6 is 0 Å². The van der Waals surface area contributed by atoms with Gasteiger partial charge >= 0.3 is 0 Å². The zero-order valence-electron chi connectivity index (χ0n) is 7.96. The van der Waals surface area contributed by atoms with Gasteiger partial charge in [0.25, 0.3) is 0 Å². The fraction of sp³-hybridized carbons (Fsp3) is 0.636. The largest absolute Gasteiger partial charge is 0.374 e. The summed E-state index contributed by atoms with van der Waals surface area (Å²) in [5, 5.41) is 0. The SMILES string of the molecule is C=CC1C(C)=CN2CCC1C2C. The van der Waals surface area contributed by atoms with Gasteiger partial charge in [0.2, 0.25) is 0 Å². The molecule has 2 heterocycles. The second-order valence-electron chi connectivity index (χ2n) is 4.07. The molecule has 1 heteroatoms. The molecule has 1 nitrogen and oxygen atoms in total. The molecule has 1 fully saturated rings. The average Bonchev–Trinajstić information content (AvgIpc) is 2.34. The van der Waals surface area contributed by atoms with Crippen LogP contribution in [0, 0.1) is 11.8 Å². The van der Waals surface area contributed by atoms with Gasteiger partial charge in [0.05, 0.1) is 0 Å². The standard InChI is InChI=1S/C11H17N/c1-4-10-8(2)7-12-6-5-11(10)9(12)3/h4,7,9-11H,1,5-6H2,2-3H3. The lowest BCUT2D eigenvalue weighted by atomic mass is 9.81. The molecule has 0 aromatic heterocycles. The van der Waals surface area contributed by atoms with Gasteiger partial charge in [0, 0.05) is 18.5 Å². The van der Waals surface area contributed by atoms with Crippen molar-refractivity contribution in [3.8, 4) is 0 Å². The first-order valence-electron chi connectivity index (χ1n) is 4.80. The first-order valence-corrected chi connectivity index (χ1v) is 4.80. The van der Waals surface area contributed by atoms with E-state index in [1.807, 2.05) is 0 Å². The van der Waals surface area contributed by atoms with Crippen LogP contribution in [0.1, 0.15) is 20.3 Å². The van der Waals surface area contributed by atoms with E-state index in [9.17, 15) is 0 Å². The van der Waals surface area contributed by atoms with Crippen molar-refractivity contribution in [2.75, 3.05) is 6.54 Å². The van der Waals surface area contributed by atoms with Crippen LogP contribution in [0.3, 0.4) is 0 Å². The Balaban J connectivity index is 2.32. The Hall–Kier alpha value is -0.720. The van der Waals surface area contributed by atoms with E-state index in [0.717, 1.165) is 12.0 Å². The number of hydrogen-bond donors (Lipinski definition) is 0.